The van der Waals surface area contributed by atoms with Gasteiger partial charge in [-0.1, -0.05) is 18.2 Å². The molecule has 1 aromatic rings. The molecule has 3 heterocycles. The number of ether oxygens (including phenoxy) is 1. The first-order valence-electron chi connectivity index (χ1n) is 9.29. The van der Waals surface area contributed by atoms with E-state index in [2.05, 4.69) is 45.3 Å². The van der Waals surface area contributed by atoms with Crippen LogP contribution in [0.1, 0.15) is 12.5 Å². The van der Waals surface area contributed by atoms with Gasteiger partial charge in [0.15, 0.2) is 5.96 Å². The Morgan fingerprint density at radius 3 is 2.64 bits per heavy atom. The van der Waals surface area contributed by atoms with Crippen LogP contribution in [0.5, 0.6) is 5.75 Å². The second-order valence-electron chi connectivity index (χ2n) is 7.02. The van der Waals surface area contributed by atoms with Gasteiger partial charge in [-0.25, -0.2) is 0 Å². The molecule has 1 aromatic carbocycles. The van der Waals surface area contributed by atoms with Crippen LogP contribution in [0.25, 0.3) is 0 Å². The molecule has 0 aliphatic carbocycles. The molecule has 2 N–H and O–H groups in total. The molecule has 2 unspecified atom stereocenters. The Morgan fingerprint density at radius 2 is 2.00 bits per heavy atom. The van der Waals surface area contributed by atoms with Gasteiger partial charge in [-0.3, -0.25) is 14.8 Å². The second-order valence-corrected chi connectivity index (χ2v) is 7.02. The summed E-state index contributed by atoms with van der Waals surface area (Å²) in [5, 5.41) is 6.84. The SMILES string of the molecule is CN=C(NCC(C)Oc1ccccc1C)NCC1CN2CCN1CC2. The van der Waals surface area contributed by atoms with Crippen LogP contribution in [0, 0.1) is 6.92 Å². The quantitative estimate of drug-likeness (QED) is 0.593. The van der Waals surface area contributed by atoms with Crippen molar-refractivity contribution in [3.05, 3.63) is 29.8 Å². The number of aliphatic imine (C=N–C) groups is 1. The molecule has 3 aliphatic heterocycles. The number of benzene rings is 1. The Hall–Kier alpha value is -1.79. The minimum atomic E-state index is 0.0696. The number of aryl methyl sites for hydroxylation is 1. The predicted molar refractivity (Wildman–Crippen MR) is 102 cm³/mol. The third-order valence-corrected chi connectivity index (χ3v) is 5.10. The largest absolute Gasteiger partial charge is 0.489 e. The first-order chi connectivity index (χ1) is 12.2. The molecule has 0 saturated carbocycles. The number of hydrogen-bond donors (Lipinski definition) is 2. The molecular weight excluding hydrogens is 314 g/mol. The van der Waals surface area contributed by atoms with E-state index >= 15 is 0 Å². The Labute approximate surface area is 151 Å². The van der Waals surface area contributed by atoms with E-state index < -0.39 is 0 Å². The molecule has 3 fully saturated rings. The molecule has 138 valence electrons. The summed E-state index contributed by atoms with van der Waals surface area (Å²) in [6.45, 7) is 11.8. The second kappa shape index (κ2) is 8.54. The fraction of sp³-hybridized carbons (Fsp3) is 0.632. The zero-order valence-electron chi connectivity index (χ0n) is 15.7. The lowest BCUT2D eigenvalue weighted by Crippen LogP contribution is -2.64. The van der Waals surface area contributed by atoms with E-state index in [9.17, 15) is 0 Å². The smallest absolute Gasteiger partial charge is 0.191 e. The van der Waals surface area contributed by atoms with Crippen molar-refractivity contribution < 1.29 is 4.74 Å². The standard InChI is InChI=1S/C19H31N5O/c1-15-6-4-5-7-18(15)25-16(2)12-21-19(20-3)22-13-17-14-23-8-10-24(17)11-9-23/h4-7,16-17H,8-14H2,1-3H3,(H2,20,21,22). The maximum absolute atomic E-state index is 6.01. The molecule has 3 saturated heterocycles. The van der Waals surface area contributed by atoms with Crippen LogP contribution >= 0.6 is 0 Å². The van der Waals surface area contributed by atoms with Crippen molar-refractivity contribution in [1.29, 1.82) is 0 Å². The molecular formula is C19H31N5O. The topological polar surface area (TPSA) is 52.1 Å². The highest BCUT2D eigenvalue weighted by Crippen LogP contribution is 2.17. The Bertz CT molecular complexity index is 583. The summed E-state index contributed by atoms with van der Waals surface area (Å²) in [6.07, 6.45) is 0.0696. The van der Waals surface area contributed by atoms with Gasteiger partial charge in [-0.2, -0.15) is 0 Å². The number of piperazine rings is 3. The van der Waals surface area contributed by atoms with Crippen molar-refractivity contribution in [3.8, 4) is 5.75 Å². The van der Waals surface area contributed by atoms with Crippen molar-refractivity contribution in [2.24, 2.45) is 4.99 Å². The van der Waals surface area contributed by atoms with Crippen LogP contribution in [-0.4, -0.2) is 80.8 Å². The van der Waals surface area contributed by atoms with Crippen LogP contribution in [-0.2, 0) is 0 Å². The molecule has 0 radical (unpaired) electrons. The van der Waals surface area contributed by atoms with Crippen LogP contribution in [0.3, 0.4) is 0 Å². The zero-order chi connectivity index (χ0) is 17.6. The monoisotopic (exact) mass is 345 g/mol. The van der Waals surface area contributed by atoms with E-state index in [-0.39, 0.29) is 6.10 Å². The normalized spacial score (nSPS) is 27.0. The van der Waals surface area contributed by atoms with Gasteiger partial charge in [-0.15, -0.1) is 0 Å². The van der Waals surface area contributed by atoms with Crippen LogP contribution in [0.4, 0.5) is 0 Å². The van der Waals surface area contributed by atoms with Crippen molar-refractivity contribution in [2.45, 2.75) is 26.0 Å². The average molecular weight is 345 g/mol. The van der Waals surface area contributed by atoms with Gasteiger partial charge >= 0.3 is 0 Å². The van der Waals surface area contributed by atoms with Gasteiger partial charge in [0, 0.05) is 52.4 Å². The summed E-state index contributed by atoms with van der Waals surface area (Å²) in [5.41, 5.74) is 1.16. The highest BCUT2D eigenvalue weighted by atomic mass is 16.5. The first kappa shape index (κ1) is 18.0. The van der Waals surface area contributed by atoms with Gasteiger partial charge in [0.2, 0.25) is 0 Å². The molecule has 2 atom stereocenters. The molecule has 2 bridgehead atoms. The fourth-order valence-corrected chi connectivity index (χ4v) is 3.54. The van der Waals surface area contributed by atoms with Crippen molar-refractivity contribution in [3.63, 3.8) is 0 Å². The Kier molecular flexibility index (Phi) is 6.15. The molecule has 3 aliphatic rings. The molecule has 0 amide bonds. The van der Waals surface area contributed by atoms with Gasteiger partial charge in [0.05, 0.1) is 6.54 Å². The van der Waals surface area contributed by atoms with E-state index in [1.54, 1.807) is 0 Å². The molecule has 0 aromatic heterocycles. The molecule has 25 heavy (non-hydrogen) atoms. The van der Waals surface area contributed by atoms with Gasteiger partial charge in [0.25, 0.3) is 0 Å². The third-order valence-electron chi connectivity index (χ3n) is 5.10. The number of para-hydroxylation sites is 1. The molecule has 6 nitrogen and oxygen atoms in total. The van der Waals surface area contributed by atoms with Crippen LogP contribution < -0.4 is 15.4 Å². The van der Waals surface area contributed by atoms with Gasteiger partial charge < -0.3 is 15.4 Å². The number of hydrogen-bond acceptors (Lipinski definition) is 4. The summed E-state index contributed by atoms with van der Waals surface area (Å²) in [7, 11) is 1.82. The van der Waals surface area contributed by atoms with E-state index in [0.717, 1.165) is 30.4 Å². The Balaban J connectivity index is 1.41. The molecule has 6 heteroatoms. The maximum atomic E-state index is 6.01. The fourth-order valence-electron chi connectivity index (χ4n) is 3.54. The summed E-state index contributed by atoms with van der Waals surface area (Å²) in [4.78, 5) is 9.48. The van der Waals surface area contributed by atoms with Crippen LogP contribution in [0.15, 0.2) is 29.3 Å². The van der Waals surface area contributed by atoms with Gasteiger partial charge in [-0.05, 0) is 25.5 Å². The summed E-state index contributed by atoms with van der Waals surface area (Å²) in [6, 6.07) is 8.70. The highest BCUT2D eigenvalue weighted by molar-refractivity contribution is 5.79. The first-order valence-corrected chi connectivity index (χ1v) is 9.29. The summed E-state index contributed by atoms with van der Waals surface area (Å²) < 4.78 is 6.01. The van der Waals surface area contributed by atoms with E-state index in [0.29, 0.717) is 12.6 Å². The van der Waals surface area contributed by atoms with E-state index in [1.165, 1.54) is 26.2 Å². The molecule has 4 rings (SSSR count). The Morgan fingerprint density at radius 1 is 1.24 bits per heavy atom. The third kappa shape index (κ3) is 4.86. The van der Waals surface area contributed by atoms with Crippen molar-refractivity contribution >= 4 is 5.96 Å². The lowest BCUT2D eigenvalue weighted by Gasteiger charge is -2.47. The van der Waals surface area contributed by atoms with Gasteiger partial charge in [0.1, 0.15) is 11.9 Å². The van der Waals surface area contributed by atoms with E-state index in [1.807, 2.05) is 25.2 Å². The highest BCUT2D eigenvalue weighted by Gasteiger charge is 2.31. The lowest BCUT2D eigenvalue weighted by molar-refractivity contribution is 0.0154. The lowest BCUT2D eigenvalue weighted by atomic mass is 10.1. The summed E-state index contributed by atoms with van der Waals surface area (Å²) in [5.74, 6) is 1.79. The zero-order valence-corrected chi connectivity index (χ0v) is 15.7. The average Bonchev–Trinajstić information content (AvgIpc) is 2.65. The minimum Gasteiger partial charge on any atom is -0.489 e. The van der Waals surface area contributed by atoms with Crippen molar-refractivity contribution in [2.75, 3.05) is 52.9 Å². The molecule has 0 spiro atoms. The van der Waals surface area contributed by atoms with Crippen LogP contribution in [0.2, 0.25) is 0 Å². The number of nitrogens with one attached hydrogen (secondary N) is 2. The number of guanidine groups is 1. The number of rotatable bonds is 6. The predicted octanol–water partition coefficient (Wildman–Crippen LogP) is 0.927. The summed E-state index contributed by atoms with van der Waals surface area (Å²) >= 11 is 0. The van der Waals surface area contributed by atoms with Crippen molar-refractivity contribution in [1.82, 2.24) is 20.4 Å². The number of nitrogens with zero attached hydrogens (tertiary/aromatic N) is 3. The minimum absolute atomic E-state index is 0.0696. The maximum Gasteiger partial charge on any atom is 0.191 e. The van der Waals surface area contributed by atoms with E-state index in [4.69, 9.17) is 4.74 Å². The number of fused-ring (bicyclic) bond motifs is 3.